The smallest absolute Gasteiger partial charge is 0.269 e. The molecule has 0 aliphatic heterocycles. The Morgan fingerprint density at radius 3 is 2.53 bits per heavy atom. The molecule has 0 saturated carbocycles. The van der Waals surface area contributed by atoms with E-state index in [4.69, 9.17) is 5.41 Å². The van der Waals surface area contributed by atoms with Gasteiger partial charge in [0.25, 0.3) is 5.69 Å². The summed E-state index contributed by atoms with van der Waals surface area (Å²) < 4.78 is 0. The molecule has 2 N–H and O–H groups in total. The maximum Gasteiger partial charge on any atom is 0.269 e. The Morgan fingerprint density at radius 2 is 2.07 bits per heavy atom. The minimum Gasteiger partial charge on any atom is -0.351 e. The first-order valence-corrected chi connectivity index (χ1v) is 4.32. The third kappa shape index (κ3) is 3.60. The van der Waals surface area contributed by atoms with Crippen LogP contribution in [0.1, 0.15) is 12.5 Å². The zero-order valence-electron chi connectivity index (χ0n) is 8.23. The van der Waals surface area contributed by atoms with Gasteiger partial charge >= 0.3 is 0 Å². The number of hydrogen-bond acceptors (Lipinski definition) is 3. The van der Waals surface area contributed by atoms with Gasteiger partial charge in [0.05, 0.1) is 10.8 Å². The molecule has 5 heteroatoms. The molecule has 0 heterocycles. The Morgan fingerprint density at radius 1 is 1.47 bits per heavy atom. The van der Waals surface area contributed by atoms with Gasteiger partial charge in [0.2, 0.25) is 0 Å². The summed E-state index contributed by atoms with van der Waals surface area (Å²) in [4.78, 5) is 9.93. The molecule has 0 radical (unpaired) electrons. The molecular weight excluding hydrogens is 194 g/mol. The Labute approximate surface area is 87.1 Å². The van der Waals surface area contributed by atoms with Crippen molar-refractivity contribution in [3.8, 4) is 0 Å². The quantitative estimate of drug-likeness (QED) is 0.343. The van der Waals surface area contributed by atoms with Crippen LogP contribution in [-0.4, -0.2) is 10.8 Å². The van der Waals surface area contributed by atoms with E-state index in [-0.39, 0.29) is 5.69 Å². The van der Waals surface area contributed by atoms with Crippen molar-refractivity contribution in [3.63, 3.8) is 0 Å². The molecule has 1 aromatic rings. The minimum atomic E-state index is -0.437. The summed E-state index contributed by atoms with van der Waals surface area (Å²) in [6, 6.07) is 6.18. The number of nitro groups is 1. The van der Waals surface area contributed by atoms with E-state index < -0.39 is 4.92 Å². The van der Waals surface area contributed by atoms with Gasteiger partial charge in [-0.1, -0.05) is 0 Å². The molecule has 0 aliphatic rings. The van der Waals surface area contributed by atoms with Crippen LogP contribution in [0.25, 0.3) is 6.08 Å². The molecule has 0 spiro atoms. The van der Waals surface area contributed by atoms with Crippen LogP contribution in [0.4, 0.5) is 5.69 Å². The number of hydrogen-bond donors (Lipinski definition) is 2. The topological polar surface area (TPSA) is 79.0 Å². The van der Waals surface area contributed by atoms with Crippen molar-refractivity contribution in [2.45, 2.75) is 6.92 Å². The molecule has 0 aliphatic carbocycles. The van der Waals surface area contributed by atoms with Gasteiger partial charge in [-0.15, -0.1) is 0 Å². The molecule has 5 nitrogen and oxygen atoms in total. The maximum atomic E-state index is 10.4. The third-order valence-corrected chi connectivity index (χ3v) is 1.68. The number of benzene rings is 1. The van der Waals surface area contributed by atoms with Gasteiger partial charge in [-0.05, 0) is 30.7 Å². The highest BCUT2D eigenvalue weighted by Crippen LogP contribution is 2.12. The van der Waals surface area contributed by atoms with Crippen molar-refractivity contribution in [2.24, 2.45) is 0 Å². The van der Waals surface area contributed by atoms with Crippen molar-refractivity contribution in [1.82, 2.24) is 5.32 Å². The van der Waals surface area contributed by atoms with Crippen LogP contribution in [0.3, 0.4) is 0 Å². The summed E-state index contributed by atoms with van der Waals surface area (Å²) in [5, 5.41) is 20.2. The van der Waals surface area contributed by atoms with E-state index in [9.17, 15) is 10.1 Å². The van der Waals surface area contributed by atoms with E-state index in [1.165, 1.54) is 12.1 Å². The van der Waals surface area contributed by atoms with E-state index >= 15 is 0 Å². The SMILES string of the molecule is CC(=N)N/C=C/c1ccc([N+](=O)[O-])cc1. The molecule has 0 amide bonds. The fourth-order valence-corrected chi connectivity index (χ4v) is 0.970. The van der Waals surface area contributed by atoms with Crippen LogP contribution in [0.5, 0.6) is 0 Å². The molecule has 1 rings (SSSR count). The fourth-order valence-electron chi connectivity index (χ4n) is 0.970. The Kier molecular flexibility index (Phi) is 3.56. The predicted molar refractivity (Wildman–Crippen MR) is 58.7 cm³/mol. The summed E-state index contributed by atoms with van der Waals surface area (Å²) in [7, 11) is 0. The fraction of sp³-hybridized carbons (Fsp3) is 0.100. The summed E-state index contributed by atoms with van der Waals surface area (Å²) in [6.07, 6.45) is 3.35. The second-order valence-corrected chi connectivity index (χ2v) is 2.95. The first-order chi connectivity index (χ1) is 7.09. The van der Waals surface area contributed by atoms with E-state index in [0.717, 1.165) is 5.56 Å². The van der Waals surface area contributed by atoms with Gasteiger partial charge in [0.15, 0.2) is 0 Å². The molecule has 0 saturated heterocycles. The summed E-state index contributed by atoms with van der Waals surface area (Å²) in [5.41, 5.74) is 0.915. The standard InChI is InChI=1S/C10H11N3O2/c1-8(11)12-7-6-9-2-4-10(5-3-9)13(14)15/h2-7H,1H3,(H2,11,12)/b7-6+. The number of nitrogens with zero attached hydrogens (tertiary/aromatic N) is 1. The number of rotatable bonds is 3. The number of amidine groups is 1. The summed E-state index contributed by atoms with van der Waals surface area (Å²) in [6.45, 7) is 1.63. The number of nitrogens with one attached hydrogen (secondary N) is 2. The van der Waals surface area contributed by atoms with Crippen molar-refractivity contribution >= 4 is 17.6 Å². The van der Waals surface area contributed by atoms with Gasteiger partial charge in [-0.2, -0.15) is 0 Å². The lowest BCUT2D eigenvalue weighted by molar-refractivity contribution is -0.384. The van der Waals surface area contributed by atoms with Crippen LogP contribution in [-0.2, 0) is 0 Å². The lowest BCUT2D eigenvalue weighted by atomic mass is 10.2. The molecule has 0 bridgehead atoms. The van der Waals surface area contributed by atoms with Crippen LogP contribution in [0.15, 0.2) is 30.5 Å². The Balaban J connectivity index is 2.68. The van der Waals surface area contributed by atoms with Crippen molar-refractivity contribution in [2.75, 3.05) is 0 Å². The van der Waals surface area contributed by atoms with Gasteiger partial charge in [-0.25, -0.2) is 0 Å². The van der Waals surface area contributed by atoms with Crippen molar-refractivity contribution in [1.29, 1.82) is 5.41 Å². The maximum absolute atomic E-state index is 10.4. The van der Waals surface area contributed by atoms with Gasteiger partial charge in [0.1, 0.15) is 0 Å². The highest BCUT2D eigenvalue weighted by Gasteiger charge is 2.01. The molecule has 0 aromatic heterocycles. The van der Waals surface area contributed by atoms with Crippen molar-refractivity contribution < 1.29 is 4.92 Å². The van der Waals surface area contributed by atoms with Gasteiger partial charge < -0.3 is 5.32 Å². The van der Waals surface area contributed by atoms with E-state index in [1.54, 1.807) is 31.3 Å². The first kappa shape index (κ1) is 10.9. The second kappa shape index (κ2) is 4.90. The molecular formula is C10H11N3O2. The molecule has 0 atom stereocenters. The number of nitro benzene ring substituents is 1. The monoisotopic (exact) mass is 205 g/mol. The Bertz CT molecular complexity index is 396. The predicted octanol–water partition coefficient (Wildman–Crippen LogP) is 2.15. The molecule has 0 fully saturated rings. The average Bonchev–Trinajstić information content (AvgIpc) is 2.18. The molecule has 1 aromatic carbocycles. The van der Waals surface area contributed by atoms with Crippen LogP contribution in [0.2, 0.25) is 0 Å². The normalized spacial score (nSPS) is 10.2. The van der Waals surface area contributed by atoms with E-state index in [2.05, 4.69) is 5.32 Å². The van der Waals surface area contributed by atoms with E-state index in [0.29, 0.717) is 5.84 Å². The lowest BCUT2D eigenvalue weighted by Gasteiger charge is -1.95. The largest absolute Gasteiger partial charge is 0.351 e. The molecule has 0 unspecified atom stereocenters. The highest BCUT2D eigenvalue weighted by atomic mass is 16.6. The highest BCUT2D eigenvalue weighted by molar-refractivity contribution is 5.77. The van der Waals surface area contributed by atoms with Crippen LogP contribution in [0, 0.1) is 15.5 Å². The lowest BCUT2D eigenvalue weighted by Crippen LogP contribution is -2.10. The van der Waals surface area contributed by atoms with E-state index in [1.807, 2.05) is 0 Å². The molecule has 78 valence electrons. The zero-order valence-corrected chi connectivity index (χ0v) is 8.23. The first-order valence-electron chi connectivity index (χ1n) is 4.32. The third-order valence-electron chi connectivity index (χ3n) is 1.68. The second-order valence-electron chi connectivity index (χ2n) is 2.95. The Hall–Kier alpha value is -2.17. The van der Waals surface area contributed by atoms with Gasteiger partial charge in [-0.3, -0.25) is 15.5 Å². The molecule has 15 heavy (non-hydrogen) atoms. The zero-order chi connectivity index (χ0) is 11.3. The average molecular weight is 205 g/mol. The van der Waals surface area contributed by atoms with Gasteiger partial charge in [0, 0.05) is 18.3 Å². The minimum absolute atomic E-state index is 0.0725. The van der Waals surface area contributed by atoms with Crippen LogP contribution < -0.4 is 5.32 Å². The summed E-state index contributed by atoms with van der Waals surface area (Å²) >= 11 is 0. The van der Waals surface area contributed by atoms with Crippen LogP contribution >= 0.6 is 0 Å². The van der Waals surface area contributed by atoms with Crippen molar-refractivity contribution in [3.05, 3.63) is 46.1 Å². The summed E-state index contributed by atoms with van der Waals surface area (Å²) in [5.74, 6) is 0.341. The number of non-ortho nitro benzene ring substituents is 1.